The van der Waals surface area contributed by atoms with Crippen LogP contribution in [0.4, 0.5) is 4.39 Å². The van der Waals surface area contributed by atoms with Gasteiger partial charge in [-0.1, -0.05) is 24.3 Å². The summed E-state index contributed by atoms with van der Waals surface area (Å²) in [5.41, 5.74) is 1.66. The molecule has 1 amide bonds. The molecule has 1 aliphatic rings. The Balaban J connectivity index is 1.44. The van der Waals surface area contributed by atoms with E-state index in [2.05, 4.69) is 5.32 Å². The second-order valence-corrected chi connectivity index (χ2v) is 5.91. The van der Waals surface area contributed by atoms with E-state index in [1.165, 1.54) is 6.07 Å². The number of hydrogen-bond acceptors (Lipinski definition) is 4. The first-order valence-corrected chi connectivity index (χ1v) is 8.18. The van der Waals surface area contributed by atoms with Crippen molar-refractivity contribution < 1.29 is 28.6 Å². The Kier molecular flexibility index (Phi) is 5.36. The highest BCUT2D eigenvalue weighted by molar-refractivity contribution is 5.82. The molecule has 0 aromatic heterocycles. The van der Waals surface area contributed by atoms with Crippen molar-refractivity contribution in [1.82, 2.24) is 5.32 Å². The van der Waals surface area contributed by atoms with E-state index in [1.807, 2.05) is 0 Å². The molecule has 0 bridgehead atoms. The highest BCUT2D eigenvalue weighted by atomic mass is 19.1. The van der Waals surface area contributed by atoms with Gasteiger partial charge in [0.05, 0.1) is 0 Å². The lowest BCUT2D eigenvalue weighted by Crippen LogP contribution is -2.38. The van der Waals surface area contributed by atoms with Gasteiger partial charge < -0.3 is 19.9 Å². The molecule has 1 heterocycles. The normalized spacial score (nSPS) is 15.0. The van der Waals surface area contributed by atoms with Gasteiger partial charge in [-0.05, 0) is 30.2 Å². The summed E-state index contributed by atoms with van der Waals surface area (Å²) in [4.78, 5) is 22.6. The fraction of sp³-hybridized carbons (Fsp3) is 0.263. The maximum absolute atomic E-state index is 13.6. The van der Waals surface area contributed by atoms with Gasteiger partial charge in [-0.3, -0.25) is 4.79 Å². The quantitative estimate of drug-likeness (QED) is 0.789. The van der Waals surface area contributed by atoms with E-state index < -0.39 is 17.9 Å². The number of para-hydroxylation sites is 1. The largest absolute Gasteiger partial charge is 0.482 e. The van der Waals surface area contributed by atoms with Crippen LogP contribution in [-0.2, 0) is 22.4 Å². The van der Waals surface area contributed by atoms with E-state index in [0.29, 0.717) is 30.7 Å². The molecule has 0 saturated carbocycles. The molecular weight excluding hydrogens is 341 g/mol. The number of aliphatic carboxylic acids is 1. The Morgan fingerprint density at radius 1 is 1.23 bits per heavy atom. The minimum atomic E-state index is -1.03. The van der Waals surface area contributed by atoms with E-state index >= 15 is 0 Å². The first kappa shape index (κ1) is 17.7. The number of nitrogens with one attached hydrogen (secondary N) is 1. The summed E-state index contributed by atoms with van der Waals surface area (Å²) in [5.74, 6) is -1.14. The number of rotatable bonds is 7. The smallest absolute Gasteiger partial charge is 0.341 e. The predicted molar refractivity (Wildman–Crippen MR) is 90.8 cm³/mol. The van der Waals surface area contributed by atoms with Gasteiger partial charge in [0.25, 0.3) is 5.91 Å². The Morgan fingerprint density at radius 2 is 2.00 bits per heavy atom. The molecule has 0 aliphatic carbocycles. The number of amides is 1. The molecule has 3 rings (SSSR count). The number of carbonyl (C=O) groups excluding carboxylic acids is 1. The SMILES string of the molecule is O=C(O)COc1ccc(CCNC(=O)[C@@H]2Cc3cccc(F)c3O2)cc1. The average molecular weight is 359 g/mol. The van der Waals surface area contributed by atoms with Gasteiger partial charge in [0.1, 0.15) is 5.75 Å². The van der Waals surface area contributed by atoms with Gasteiger partial charge in [0.15, 0.2) is 24.3 Å². The molecule has 0 fully saturated rings. The van der Waals surface area contributed by atoms with Crippen molar-refractivity contribution >= 4 is 11.9 Å². The summed E-state index contributed by atoms with van der Waals surface area (Å²) in [6.45, 7) is 0.0205. The summed E-state index contributed by atoms with van der Waals surface area (Å²) in [6.07, 6.45) is 0.238. The molecule has 0 unspecified atom stereocenters. The van der Waals surface area contributed by atoms with Gasteiger partial charge in [-0.2, -0.15) is 0 Å². The number of carboxylic acid groups (broad SMARTS) is 1. The zero-order chi connectivity index (χ0) is 18.5. The van der Waals surface area contributed by atoms with Crippen molar-refractivity contribution in [2.24, 2.45) is 0 Å². The van der Waals surface area contributed by atoms with E-state index in [-0.39, 0.29) is 18.3 Å². The van der Waals surface area contributed by atoms with Crippen LogP contribution >= 0.6 is 0 Å². The molecule has 0 saturated heterocycles. The molecule has 2 aromatic rings. The second-order valence-electron chi connectivity index (χ2n) is 5.91. The van der Waals surface area contributed by atoms with E-state index in [1.54, 1.807) is 36.4 Å². The van der Waals surface area contributed by atoms with Crippen LogP contribution in [0.5, 0.6) is 11.5 Å². The molecule has 6 nitrogen and oxygen atoms in total. The second kappa shape index (κ2) is 7.86. The third-order valence-corrected chi connectivity index (χ3v) is 4.00. The number of carbonyl (C=O) groups is 2. The van der Waals surface area contributed by atoms with Gasteiger partial charge >= 0.3 is 5.97 Å². The molecule has 136 valence electrons. The van der Waals surface area contributed by atoms with Gasteiger partial charge in [0.2, 0.25) is 0 Å². The molecular formula is C19H18FNO5. The molecule has 26 heavy (non-hydrogen) atoms. The summed E-state index contributed by atoms with van der Waals surface area (Å²) in [7, 11) is 0. The van der Waals surface area contributed by atoms with Crippen LogP contribution in [0.1, 0.15) is 11.1 Å². The Hall–Kier alpha value is -3.09. The van der Waals surface area contributed by atoms with Crippen LogP contribution in [0.3, 0.4) is 0 Å². The molecule has 2 N–H and O–H groups in total. The van der Waals surface area contributed by atoms with Gasteiger partial charge in [0, 0.05) is 18.5 Å². The first-order valence-electron chi connectivity index (χ1n) is 8.18. The molecule has 0 spiro atoms. The lowest BCUT2D eigenvalue weighted by atomic mass is 10.1. The molecule has 7 heteroatoms. The lowest BCUT2D eigenvalue weighted by molar-refractivity contribution is -0.139. The molecule has 0 radical (unpaired) electrons. The minimum absolute atomic E-state index is 0.157. The van der Waals surface area contributed by atoms with Crippen LogP contribution in [0.2, 0.25) is 0 Å². The van der Waals surface area contributed by atoms with Crippen LogP contribution in [-0.4, -0.2) is 36.2 Å². The monoisotopic (exact) mass is 359 g/mol. The lowest BCUT2D eigenvalue weighted by Gasteiger charge is -2.11. The third kappa shape index (κ3) is 4.30. The standard InChI is InChI=1S/C19H18FNO5/c20-15-3-1-2-13-10-16(26-18(13)15)19(24)21-9-8-12-4-6-14(7-5-12)25-11-17(22)23/h1-7,16H,8-11H2,(H,21,24)(H,22,23)/t16-/m0/s1. The highest BCUT2D eigenvalue weighted by Crippen LogP contribution is 2.31. The molecule has 1 atom stereocenters. The van der Waals surface area contributed by atoms with Gasteiger partial charge in [-0.25, -0.2) is 9.18 Å². The molecule has 1 aliphatic heterocycles. The average Bonchev–Trinajstić information content (AvgIpc) is 3.07. The van der Waals surface area contributed by atoms with E-state index in [4.69, 9.17) is 14.6 Å². The van der Waals surface area contributed by atoms with E-state index in [0.717, 1.165) is 5.56 Å². The number of halogens is 1. The number of carboxylic acids is 1. The summed E-state index contributed by atoms with van der Waals surface area (Å²) in [5, 5.41) is 11.4. The van der Waals surface area contributed by atoms with Crippen molar-refractivity contribution in [2.45, 2.75) is 18.9 Å². The summed E-state index contributed by atoms with van der Waals surface area (Å²) < 4.78 is 24.1. The van der Waals surface area contributed by atoms with E-state index in [9.17, 15) is 14.0 Å². The van der Waals surface area contributed by atoms with Crippen molar-refractivity contribution in [3.05, 3.63) is 59.4 Å². The molecule has 2 aromatic carbocycles. The minimum Gasteiger partial charge on any atom is -0.482 e. The van der Waals surface area contributed by atoms with Crippen molar-refractivity contribution in [1.29, 1.82) is 0 Å². The summed E-state index contributed by atoms with van der Waals surface area (Å²) in [6, 6.07) is 11.6. The number of benzene rings is 2. The Bertz CT molecular complexity index is 806. The number of hydrogen-bond donors (Lipinski definition) is 2. The van der Waals surface area contributed by atoms with Crippen molar-refractivity contribution in [3.8, 4) is 11.5 Å². The van der Waals surface area contributed by atoms with Crippen LogP contribution in [0.15, 0.2) is 42.5 Å². The number of fused-ring (bicyclic) bond motifs is 1. The fourth-order valence-electron chi connectivity index (χ4n) is 2.72. The van der Waals surface area contributed by atoms with Crippen molar-refractivity contribution in [3.63, 3.8) is 0 Å². The fourth-order valence-corrected chi connectivity index (χ4v) is 2.72. The zero-order valence-corrected chi connectivity index (χ0v) is 13.9. The Labute approximate surface area is 149 Å². The maximum Gasteiger partial charge on any atom is 0.341 e. The first-order chi connectivity index (χ1) is 12.5. The maximum atomic E-state index is 13.6. The predicted octanol–water partition coefficient (Wildman–Crippen LogP) is 1.95. The zero-order valence-electron chi connectivity index (χ0n) is 13.9. The Morgan fingerprint density at radius 3 is 2.69 bits per heavy atom. The van der Waals surface area contributed by atoms with Crippen LogP contribution < -0.4 is 14.8 Å². The highest BCUT2D eigenvalue weighted by Gasteiger charge is 2.30. The summed E-state index contributed by atoms with van der Waals surface area (Å²) >= 11 is 0. The number of ether oxygens (including phenoxy) is 2. The van der Waals surface area contributed by atoms with Gasteiger partial charge in [-0.15, -0.1) is 0 Å². The van der Waals surface area contributed by atoms with Crippen LogP contribution in [0, 0.1) is 5.82 Å². The van der Waals surface area contributed by atoms with Crippen LogP contribution in [0.25, 0.3) is 0 Å². The van der Waals surface area contributed by atoms with Crippen molar-refractivity contribution in [2.75, 3.05) is 13.2 Å². The topological polar surface area (TPSA) is 84.9 Å². The third-order valence-electron chi connectivity index (χ3n) is 4.00.